The Kier molecular flexibility index (Phi) is 2.81. The van der Waals surface area contributed by atoms with Crippen LogP contribution in [-0.2, 0) is 6.42 Å². The summed E-state index contributed by atoms with van der Waals surface area (Å²) >= 11 is 1.51. The molecule has 0 aliphatic carbocycles. The lowest BCUT2D eigenvalue weighted by Gasteiger charge is -2.01. The lowest BCUT2D eigenvalue weighted by Crippen LogP contribution is -2.05. The molecule has 0 fully saturated rings. The minimum Gasteiger partial charge on any atom is -0.330 e. The second kappa shape index (κ2) is 4.47. The number of nitrogens with zero attached hydrogens (tertiary/aromatic N) is 3. The predicted molar refractivity (Wildman–Crippen MR) is 69.0 cm³/mol. The first-order valence-electron chi connectivity index (χ1n) is 5.57. The SMILES string of the molecule is NCCc1csc2nnc(-c3cccc(F)c3)n12. The molecule has 18 heavy (non-hydrogen) atoms. The summed E-state index contributed by atoms with van der Waals surface area (Å²) in [5, 5.41) is 10.2. The predicted octanol–water partition coefficient (Wildman–Crippen LogP) is 2.10. The summed E-state index contributed by atoms with van der Waals surface area (Å²) in [5.41, 5.74) is 7.36. The van der Waals surface area contributed by atoms with Crippen LogP contribution in [0.2, 0.25) is 0 Å². The van der Waals surface area contributed by atoms with Gasteiger partial charge in [0.1, 0.15) is 5.82 Å². The van der Waals surface area contributed by atoms with Gasteiger partial charge in [-0.3, -0.25) is 4.40 Å². The zero-order chi connectivity index (χ0) is 12.5. The molecule has 0 atom stereocenters. The monoisotopic (exact) mass is 262 g/mol. The molecule has 1 aromatic carbocycles. The summed E-state index contributed by atoms with van der Waals surface area (Å²) < 4.78 is 15.2. The summed E-state index contributed by atoms with van der Waals surface area (Å²) in [5.74, 6) is 0.383. The lowest BCUT2D eigenvalue weighted by atomic mass is 10.2. The first-order chi connectivity index (χ1) is 8.79. The summed E-state index contributed by atoms with van der Waals surface area (Å²) in [4.78, 5) is 0.803. The molecule has 6 heteroatoms. The highest BCUT2D eigenvalue weighted by molar-refractivity contribution is 7.15. The average molecular weight is 262 g/mol. The first kappa shape index (κ1) is 11.3. The van der Waals surface area contributed by atoms with Crippen molar-refractivity contribution in [2.45, 2.75) is 6.42 Å². The number of hydrogen-bond acceptors (Lipinski definition) is 4. The van der Waals surface area contributed by atoms with E-state index in [0.717, 1.165) is 22.6 Å². The molecule has 2 heterocycles. The minimum atomic E-state index is -0.278. The maximum Gasteiger partial charge on any atom is 0.216 e. The normalized spacial score (nSPS) is 11.2. The molecule has 4 nitrogen and oxygen atoms in total. The van der Waals surface area contributed by atoms with E-state index in [1.54, 1.807) is 6.07 Å². The molecule has 0 aliphatic heterocycles. The van der Waals surface area contributed by atoms with Crippen molar-refractivity contribution < 1.29 is 4.39 Å². The van der Waals surface area contributed by atoms with Crippen molar-refractivity contribution in [3.8, 4) is 11.4 Å². The van der Waals surface area contributed by atoms with Gasteiger partial charge in [-0.15, -0.1) is 21.5 Å². The van der Waals surface area contributed by atoms with E-state index in [4.69, 9.17) is 5.73 Å². The van der Waals surface area contributed by atoms with Crippen molar-refractivity contribution in [3.05, 3.63) is 41.2 Å². The molecule has 0 amide bonds. The summed E-state index contributed by atoms with van der Waals surface area (Å²) in [6.45, 7) is 0.562. The van der Waals surface area contributed by atoms with Crippen LogP contribution in [0.15, 0.2) is 29.6 Å². The van der Waals surface area contributed by atoms with Crippen molar-refractivity contribution >= 4 is 16.3 Å². The Balaban J connectivity index is 2.19. The van der Waals surface area contributed by atoms with Gasteiger partial charge in [-0.05, 0) is 18.7 Å². The number of benzene rings is 1. The van der Waals surface area contributed by atoms with Crippen LogP contribution >= 0.6 is 11.3 Å². The number of thiazole rings is 1. The van der Waals surface area contributed by atoms with E-state index in [1.807, 2.05) is 15.8 Å². The summed E-state index contributed by atoms with van der Waals surface area (Å²) in [6, 6.07) is 6.36. The third kappa shape index (κ3) is 1.79. The van der Waals surface area contributed by atoms with Gasteiger partial charge in [0.15, 0.2) is 5.82 Å². The van der Waals surface area contributed by atoms with E-state index in [2.05, 4.69) is 10.2 Å². The van der Waals surface area contributed by atoms with Gasteiger partial charge in [0.25, 0.3) is 0 Å². The fourth-order valence-corrected chi connectivity index (χ4v) is 2.77. The molecule has 0 saturated carbocycles. The third-order valence-electron chi connectivity index (χ3n) is 2.70. The second-order valence-corrected chi connectivity index (χ2v) is 4.75. The molecule has 3 aromatic rings. The number of rotatable bonds is 3. The summed E-state index contributed by atoms with van der Waals surface area (Å²) in [6.07, 6.45) is 0.750. The molecule has 2 aromatic heterocycles. The van der Waals surface area contributed by atoms with Crippen LogP contribution in [0.25, 0.3) is 16.3 Å². The van der Waals surface area contributed by atoms with E-state index >= 15 is 0 Å². The van der Waals surface area contributed by atoms with Crippen LogP contribution in [0.4, 0.5) is 4.39 Å². The topological polar surface area (TPSA) is 56.2 Å². The van der Waals surface area contributed by atoms with E-state index in [-0.39, 0.29) is 5.82 Å². The van der Waals surface area contributed by atoms with Crippen molar-refractivity contribution in [2.24, 2.45) is 5.73 Å². The number of nitrogens with two attached hydrogens (primary N) is 1. The van der Waals surface area contributed by atoms with Gasteiger partial charge >= 0.3 is 0 Å². The highest BCUT2D eigenvalue weighted by Crippen LogP contribution is 2.24. The molecule has 92 valence electrons. The second-order valence-electron chi connectivity index (χ2n) is 3.92. The van der Waals surface area contributed by atoms with E-state index in [1.165, 1.54) is 23.5 Å². The van der Waals surface area contributed by atoms with E-state index < -0.39 is 0 Å². The molecule has 2 N–H and O–H groups in total. The maximum atomic E-state index is 13.3. The Hall–Kier alpha value is -1.79. The minimum absolute atomic E-state index is 0.278. The molecule has 0 bridgehead atoms. The Morgan fingerprint density at radius 1 is 1.33 bits per heavy atom. The smallest absolute Gasteiger partial charge is 0.216 e. The van der Waals surface area contributed by atoms with Gasteiger partial charge in [-0.1, -0.05) is 12.1 Å². The zero-order valence-corrected chi connectivity index (χ0v) is 10.3. The van der Waals surface area contributed by atoms with Gasteiger partial charge in [-0.2, -0.15) is 0 Å². The van der Waals surface area contributed by atoms with E-state index in [0.29, 0.717) is 12.4 Å². The molecule has 3 rings (SSSR count). The van der Waals surface area contributed by atoms with E-state index in [9.17, 15) is 4.39 Å². The quantitative estimate of drug-likeness (QED) is 0.786. The Morgan fingerprint density at radius 3 is 3.00 bits per heavy atom. The average Bonchev–Trinajstić information content (AvgIpc) is 2.92. The molecular weight excluding hydrogens is 251 g/mol. The lowest BCUT2D eigenvalue weighted by molar-refractivity contribution is 0.628. The molecule has 0 aliphatic rings. The number of aromatic nitrogens is 3. The van der Waals surface area contributed by atoms with Crippen LogP contribution in [0, 0.1) is 5.82 Å². The van der Waals surface area contributed by atoms with Crippen LogP contribution in [0.5, 0.6) is 0 Å². The standard InChI is InChI=1S/C12H11FN4S/c13-9-3-1-2-8(6-9)11-15-16-12-17(11)10(4-5-14)7-18-12/h1-3,6-7H,4-5,14H2. The van der Waals surface area contributed by atoms with Crippen LogP contribution in [-0.4, -0.2) is 21.1 Å². The fraction of sp³-hybridized carbons (Fsp3) is 0.167. The highest BCUT2D eigenvalue weighted by atomic mass is 32.1. The van der Waals surface area contributed by atoms with Crippen molar-refractivity contribution in [1.82, 2.24) is 14.6 Å². The molecule has 0 spiro atoms. The Morgan fingerprint density at radius 2 is 2.22 bits per heavy atom. The number of hydrogen-bond donors (Lipinski definition) is 1. The third-order valence-corrected chi connectivity index (χ3v) is 3.57. The van der Waals surface area contributed by atoms with Gasteiger partial charge in [0, 0.05) is 23.1 Å². The largest absolute Gasteiger partial charge is 0.330 e. The van der Waals surface area contributed by atoms with Gasteiger partial charge in [0.05, 0.1) is 0 Å². The van der Waals surface area contributed by atoms with Crippen LogP contribution < -0.4 is 5.73 Å². The van der Waals surface area contributed by atoms with Gasteiger partial charge in [-0.25, -0.2) is 4.39 Å². The molecule has 0 radical (unpaired) electrons. The Labute approximate surface area is 107 Å². The Bertz CT molecular complexity index is 688. The maximum absolute atomic E-state index is 13.3. The molecular formula is C12H11FN4S. The van der Waals surface area contributed by atoms with Crippen molar-refractivity contribution in [3.63, 3.8) is 0 Å². The van der Waals surface area contributed by atoms with Crippen LogP contribution in [0.3, 0.4) is 0 Å². The number of fused-ring (bicyclic) bond motifs is 1. The number of halogens is 1. The van der Waals surface area contributed by atoms with Crippen LogP contribution in [0.1, 0.15) is 5.69 Å². The van der Waals surface area contributed by atoms with Gasteiger partial charge < -0.3 is 5.73 Å². The first-order valence-corrected chi connectivity index (χ1v) is 6.45. The van der Waals surface area contributed by atoms with Crippen molar-refractivity contribution in [2.75, 3.05) is 6.54 Å². The van der Waals surface area contributed by atoms with Gasteiger partial charge in [0.2, 0.25) is 4.96 Å². The molecule has 0 unspecified atom stereocenters. The van der Waals surface area contributed by atoms with Crippen molar-refractivity contribution in [1.29, 1.82) is 0 Å². The molecule has 0 saturated heterocycles. The summed E-state index contributed by atoms with van der Waals surface area (Å²) in [7, 11) is 0. The highest BCUT2D eigenvalue weighted by Gasteiger charge is 2.13. The zero-order valence-electron chi connectivity index (χ0n) is 9.51. The fourth-order valence-electron chi connectivity index (χ4n) is 1.91.